The molecule has 1 saturated heterocycles. The lowest BCUT2D eigenvalue weighted by Gasteiger charge is -2.48. The van der Waals surface area contributed by atoms with Crippen molar-refractivity contribution in [2.75, 3.05) is 30.4 Å². The molecular weight excluding hydrogens is 681 g/mol. The van der Waals surface area contributed by atoms with E-state index in [0.29, 0.717) is 54.8 Å². The number of nitrogens with zero attached hydrogens (tertiary/aromatic N) is 6. The van der Waals surface area contributed by atoms with Gasteiger partial charge in [0, 0.05) is 54.1 Å². The summed E-state index contributed by atoms with van der Waals surface area (Å²) in [5, 5.41) is 16.3. The van der Waals surface area contributed by atoms with E-state index in [1.165, 1.54) is 26.2 Å². The first kappa shape index (κ1) is 35.0. The number of aliphatic hydroxyl groups excluding tert-OH is 1. The number of hydrogen-bond donors (Lipinski definition) is 3. The number of rotatable bonds is 9. The van der Waals surface area contributed by atoms with Crippen LogP contribution in [0.1, 0.15) is 105 Å². The molecule has 9 rings (SSSR count). The Hall–Kier alpha value is -4.68. The molecule has 3 N–H and O–H groups in total. The van der Waals surface area contributed by atoms with Crippen molar-refractivity contribution in [2.24, 2.45) is 5.92 Å². The van der Waals surface area contributed by atoms with Crippen LogP contribution in [0.5, 0.6) is 0 Å². The number of Topliss-reactive ketones (excluding diaryl/α,β-unsaturated/α-hetero) is 1. The van der Waals surface area contributed by atoms with Gasteiger partial charge in [-0.2, -0.15) is 0 Å². The predicted molar refractivity (Wildman–Crippen MR) is 207 cm³/mol. The van der Waals surface area contributed by atoms with Crippen LogP contribution in [0.15, 0.2) is 42.9 Å². The molecule has 0 bridgehead atoms. The van der Waals surface area contributed by atoms with Crippen LogP contribution in [0.2, 0.25) is 0 Å². The highest BCUT2D eigenvalue weighted by atomic mass is 16.3. The zero-order valence-corrected chi connectivity index (χ0v) is 31.5. The molecule has 54 heavy (non-hydrogen) atoms. The summed E-state index contributed by atoms with van der Waals surface area (Å²) in [4.78, 5) is 60.1. The van der Waals surface area contributed by atoms with Gasteiger partial charge in [-0.05, 0) is 121 Å². The zero-order chi connectivity index (χ0) is 37.3. The fraction of sp³-hybridized carbons (Fsp3) is 0.524. The average molecular weight is 731 g/mol. The lowest BCUT2D eigenvalue weighted by molar-refractivity contribution is -0.134. The van der Waals surface area contributed by atoms with E-state index in [9.17, 15) is 19.5 Å². The van der Waals surface area contributed by atoms with E-state index in [1.54, 1.807) is 7.05 Å². The van der Waals surface area contributed by atoms with E-state index in [-0.39, 0.29) is 29.6 Å². The quantitative estimate of drug-likeness (QED) is 0.189. The largest absolute Gasteiger partial charge is 0.386 e. The number of fused-ring (bicyclic) bond motifs is 3. The number of likely N-dealkylation sites (tertiary alicyclic amines) is 1. The van der Waals surface area contributed by atoms with Crippen LogP contribution in [0, 0.1) is 12.8 Å². The zero-order valence-electron chi connectivity index (χ0n) is 31.5. The molecule has 4 fully saturated rings. The molecule has 5 aliphatic rings. The van der Waals surface area contributed by atoms with E-state index in [0.717, 1.165) is 78.0 Å². The molecule has 4 aromatic rings. The molecule has 2 amide bonds. The van der Waals surface area contributed by atoms with Crippen LogP contribution in [0.25, 0.3) is 22.3 Å². The minimum absolute atomic E-state index is 0.0920. The Bertz CT molecular complexity index is 2140. The topological polar surface area (TPSA) is 146 Å². The highest BCUT2D eigenvalue weighted by Crippen LogP contribution is 2.53. The second kappa shape index (κ2) is 13.6. The van der Waals surface area contributed by atoms with E-state index >= 15 is 0 Å². The third kappa shape index (κ3) is 5.89. The highest BCUT2D eigenvalue weighted by Gasteiger charge is 2.57. The van der Waals surface area contributed by atoms with Crippen molar-refractivity contribution in [1.82, 2.24) is 29.7 Å². The number of hydrogen-bond acceptors (Lipinski definition) is 9. The van der Waals surface area contributed by atoms with E-state index in [4.69, 9.17) is 15.0 Å². The van der Waals surface area contributed by atoms with Crippen molar-refractivity contribution in [3.05, 3.63) is 59.7 Å². The third-order valence-corrected chi connectivity index (χ3v) is 13.0. The van der Waals surface area contributed by atoms with Crippen LogP contribution in [-0.4, -0.2) is 85.4 Å². The fourth-order valence-electron chi connectivity index (χ4n) is 9.63. The molecule has 3 aliphatic carbocycles. The minimum atomic E-state index is -1.00. The molecule has 5 heterocycles. The number of pyridine rings is 2. The number of amides is 2. The number of piperidine rings is 1. The molecule has 0 radical (unpaired) electrons. The van der Waals surface area contributed by atoms with Crippen molar-refractivity contribution >= 4 is 45.8 Å². The SMILES string of the molecule is CNC(=O)c1cc(Nc2nc(-c3cnc4c(c3)N(C3CC(N5CCCCC5)C3)C(=O)C43CCC(C(=O)[C@@H](C)O)CC3)cc3ncn(C4CC4)c23)ccc1C. The summed E-state index contributed by atoms with van der Waals surface area (Å²) in [7, 11) is 1.63. The van der Waals surface area contributed by atoms with Gasteiger partial charge in [0.15, 0.2) is 11.6 Å². The number of aryl methyl sites for hydroxylation is 1. The van der Waals surface area contributed by atoms with Gasteiger partial charge < -0.3 is 30.1 Å². The summed E-state index contributed by atoms with van der Waals surface area (Å²) in [5.41, 5.74) is 6.32. The van der Waals surface area contributed by atoms with Crippen molar-refractivity contribution in [1.29, 1.82) is 0 Å². The molecule has 1 aromatic carbocycles. The van der Waals surface area contributed by atoms with Gasteiger partial charge in [-0.25, -0.2) is 9.97 Å². The summed E-state index contributed by atoms with van der Waals surface area (Å²) in [5.74, 6) is 0.222. The van der Waals surface area contributed by atoms with Gasteiger partial charge in [-0.1, -0.05) is 12.5 Å². The van der Waals surface area contributed by atoms with Crippen LogP contribution in [0.3, 0.4) is 0 Å². The highest BCUT2D eigenvalue weighted by molar-refractivity contribution is 6.09. The molecule has 0 unspecified atom stereocenters. The average Bonchev–Trinajstić information content (AvgIpc) is 3.89. The Morgan fingerprint density at radius 2 is 1.72 bits per heavy atom. The van der Waals surface area contributed by atoms with E-state index in [1.807, 2.05) is 43.7 Å². The Kier molecular flexibility index (Phi) is 8.80. The maximum Gasteiger partial charge on any atom is 0.251 e. The number of carbonyl (C=O) groups excluding carboxylic acids is 3. The van der Waals surface area contributed by atoms with Gasteiger partial charge >= 0.3 is 0 Å². The number of nitrogens with one attached hydrogen (secondary N) is 2. The van der Waals surface area contributed by atoms with Gasteiger partial charge in [0.25, 0.3) is 5.91 Å². The Morgan fingerprint density at radius 3 is 2.43 bits per heavy atom. The maximum absolute atomic E-state index is 14.8. The van der Waals surface area contributed by atoms with Gasteiger partial charge in [0.05, 0.1) is 34.3 Å². The fourth-order valence-corrected chi connectivity index (χ4v) is 9.63. The minimum Gasteiger partial charge on any atom is -0.386 e. The number of aliphatic hydroxyl groups is 1. The van der Waals surface area contributed by atoms with Crippen molar-refractivity contribution < 1.29 is 19.5 Å². The van der Waals surface area contributed by atoms with E-state index < -0.39 is 11.5 Å². The predicted octanol–water partition coefficient (Wildman–Crippen LogP) is 5.98. The van der Waals surface area contributed by atoms with Crippen molar-refractivity contribution in [2.45, 2.75) is 114 Å². The molecule has 3 aromatic heterocycles. The molecule has 12 heteroatoms. The first-order valence-corrected chi connectivity index (χ1v) is 19.9. The standard InChI is InChI=1S/C42H50N8O4/c1-24-7-8-28(18-32(24)40(53)43-3)46-39-36-34(45-23-49(36)29-9-10-29)21-33(47-39)27-17-35-38(44-22-27)42(13-11-26(12-14-42)37(52)25(2)51)41(54)50(35)31-19-30(20-31)48-15-5-4-6-16-48/h7-8,17-18,21-23,25-26,29-31,51H,4-6,9-16,19-20H2,1-3H3,(H,43,53)(H,46,47)/t25-,26?,30?,31?,42?/m1/s1. The summed E-state index contributed by atoms with van der Waals surface area (Å²) >= 11 is 0. The van der Waals surface area contributed by atoms with Crippen molar-refractivity contribution in [3.8, 4) is 11.3 Å². The van der Waals surface area contributed by atoms with Crippen LogP contribution in [0.4, 0.5) is 17.2 Å². The number of benzene rings is 1. The molecule has 3 saturated carbocycles. The van der Waals surface area contributed by atoms with Gasteiger partial charge in [0.2, 0.25) is 5.91 Å². The van der Waals surface area contributed by atoms with Gasteiger partial charge in [0.1, 0.15) is 11.6 Å². The second-order valence-electron chi connectivity index (χ2n) is 16.4. The molecule has 282 valence electrons. The lowest BCUT2D eigenvalue weighted by Crippen LogP contribution is -2.57. The first-order chi connectivity index (χ1) is 26.1. The number of anilines is 3. The molecular formula is C42H50N8O4. The summed E-state index contributed by atoms with van der Waals surface area (Å²) in [6.45, 7) is 5.72. The first-order valence-electron chi connectivity index (χ1n) is 19.9. The summed E-state index contributed by atoms with van der Waals surface area (Å²) in [6, 6.07) is 10.8. The number of imidazole rings is 1. The second-order valence-corrected chi connectivity index (χ2v) is 16.4. The van der Waals surface area contributed by atoms with Gasteiger partial charge in [-0.3, -0.25) is 19.4 Å². The smallest absolute Gasteiger partial charge is 0.251 e. The van der Waals surface area contributed by atoms with Gasteiger partial charge in [-0.15, -0.1) is 0 Å². The Balaban J connectivity index is 1.09. The lowest BCUT2D eigenvalue weighted by atomic mass is 9.67. The van der Waals surface area contributed by atoms with E-state index in [2.05, 4.69) is 31.1 Å². The number of carbonyl (C=O) groups is 3. The normalized spacial score (nSPS) is 26.1. The van der Waals surface area contributed by atoms with Crippen LogP contribution < -0.4 is 15.5 Å². The Labute approximate surface area is 315 Å². The number of ketones is 1. The monoisotopic (exact) mass is 730 g/mol. The summed E-state index contributed by atoms with van der Waals surface area (Å²) < 4.78 is 2.20. The Morgan fingerprint density at radius 1 is 0.963 bits per heavy atom. The van der Waals surface area contributed by atoms with Crippen LogP contribution in [-0.2, 0) is 15.0 Å². The maximum atomic E-state index is 14.8. The molecule has 2 aliphatic heterocycles. The summed E-state index contributed by atoms with van der Waals surface area (Å²) in [6.07, 6.45) is 12.8. The molecule has 1 atom stereocenters. The molecule has 12 nitrogen and oxygen atoms in total. The van der Waals surface area contributed by atoms with Crippen molar-refractivity contribution in [3.63, 3.8) is 0 Å². The van der Waals surface area contributed by atoms with Crippen LogP contribution >= 0.6 is 0 Å². The third-order valence-electron chi connectivity index (χ3n) is 13.0. The molecule has 1 spiro atoms. The number of aromatic nitrogens is 4.